The van der Waals surface area contributed by atoms with Crippen molar-refractivity contribution >= 4 is 45.0 Å². The van der Waals surface area contributed by atoms with E-state index in [1.807, 2.05) is 53.4 Å². The van der Waals surface area contributed by atoms with E-state index in [1.54, 1.807) is 0 Å². The number of anilines is 1. The molecular weight excluding hydrogens is 356 g/mol. The molecule has 3 nitrogen and oxygen atoms in total. The Bertz CT molecular complexity index is 1250. The highest BCUT2D eigenvalue weighted by Crippen LogP contribution is 2.44. The van der Waals surface area contributed by atoms with Gasteiger partial charge in [-0.3, -0.25) is 4.79 Å². The average Bonchev–Trinajstić information content (AvgIpc) is 2.93. The van der Waals surface area contributed by atoms with Gasteiger partial charge in [0.05, 0.1) is 33.9 Å². The predicted molar refractivity (Wildman–Crippen MR) is 111 cm³/mol. The molecule has 1 aromatic heterocycles. The molecule has 4 heteroatoms. The van der Waals surface area contributed by atoms with Gasteiger partial charge < -0.3 is 4.90 Å². The lowest BCUT2D eigenvalue weighted by Gasteiger charge is -2.18. The maximum atomic E-state index is 13.5. The molecule has 132 valence electrons. The molecule has 1 amide bonds. The van der Waals surface area contributed by atoms with Crippen LogP contribution in [0.5, 0.6) is 0 Å². The summed E-state index contributed by atoms with van der Waals surface area (Å²) in [5, 5.41) is 2.23. The molecule has 4 aromatic rings. The number of benzene rings is 3. The summed E-state index contributed by atoms with van der Waals surface area (Å²) < 4.78 is 0. The molecule has 3 aromatic carbocycles. The van der Waals surface area contributed by atoms with Gasteiger partial charge >= 0.3 is 0 Å². The van der Waals surface area contributed by atoms with Crippen LogP contribution in [0.3, 0.4) is 0 Å². The van der Waals surface area contributed by atoms with Gasteiger partial charge in [-0.2, -0.15) is 0 Å². The van der Waals surface area contributed by atoms with Gasteiger partial charge in [0.2, 0.25) is 0 Å². The molecule has 0 atom stereocenters. The number of rotatable bonds is 2. The van der Waals surface area contributed by atoms with Crippen LogP contribution < -0.4 is 4.90 Å². The van der Waals surface area contributed by atoms with Crippen molar-refractivity contribution in [1.29, 1.82) is 0 Å². The van der Waals surface area contributed by atoms with Crippen molar-refractivity contribution in [1.82, 2.24) is 4.98 Å². The van der Waals surface area contributed by atoms with Gasteiger partial charge in [-0.1, -0.05) is 48.0 Å². The zero-order chi connectivity index (χ0) is 18.7. The first-order chi connectivity index (χ1) is 13.1. The molecule has 0 fully saturated rings. The first-order valence-electron chi connectivity index (χ1n) is 8.94. The summed E-state index contributed by atoms with van der Waals surface area (Å²) in [6.07, 6.45) is 0. The van der Waals surface area contributed by atoms with Crippen molar-refractivity contribution in [3.8, 4) is 0 Å². The van der Waals surface area contributed by atoms with Crippen molar-refractivity contribution in [2.45, 2.75) is 20.4 Å². The van der Waals surface area contributed by atoms with Gasteiger partial charge in [0.1, 0.15) is 0 Å². The fourth-order valence-corrected chi connectivity index (χ4v) is 4.22. The lowest BCUT2D eigenvalue weighted by Crippen LogP contribution is -2.26. The minimum absolute atomic E-state index is 0.00986. The van der Waals surface area contributed by atoms with E-state index in [0.29, 0.717) is 17.1 Å². The van der Waals surface area contributed by atoms with Gasteiger partial charge in [0.15, 0.2) is 0 Å². The number of carbonyl (C=O) groups excluding carboxylic acids is 1. The smallest absolute Gasteiger partial charge is 0.260 e. The van der Waals surface area contributed by atoms with Gasteiger partial charge in [-0.25, -0.2) is 4.98 Å². The Morgan fingerprint density at radius 1 is 1.00 bits per heavy atom. The Morgan fingerprint density at radius 3 is 2.56 bits per heavy atom. The molecule has 0 N–H and O–H groups in total. The molecule has 0 spiro atoms. The second-order valence-electron chi connectivity index (χ2n) is 7.06. The highest BCUT2D eigenvalue weighted by Gasteiger charge is 2.34. The number of fused-ring (bicyclic) bond motifs is 2. The van der Waals surface area contributed by atoms with Crippen molar-refractivity contribution in [3.63, 3.8) is 0 Å². The number of aryl methyl sites for hydroxylation is 2. The van der Waals surface area contributed by atoms with Crippen LogP contribution in [0, 0.1) is 13.8 Å². The van der Waals surface area contributed by atoms with Crippen molar-refractivity contribution in [2.75, 3.05) is 4.90 Å². The number of halogens is 1. The molecule has 0 bridgehead atoms. The van der Waals surface area contributed by atoms with Crippen LogP contribution >= 0.6 is 11.6 Å². The van der Waals surface area contributed by atoms with Crippen LogP contribution in [-0.4, -0.2) is 10.9 Å². The van der Waals surface area contributed by atoms with Gasteiger partial charge in [0, 0.05) is 10.8 Å². The SMILES string of the molecule is Cc1cc2c3c(c4c(Cl)cccc4nc3c1C)C(=O)N2Cc1ccccc1. The van der Waals surface area contributed by atoms with E-state index in [9.17, 15) is 4.79 Å². The second kappa shape index (κ2) is 5.80. The van der Waals surface area contributed by atoms with E-state index in [0.717, 1.165) is 44.2 Å². The van der Waals surface area contributed by atoms with Crippen molar-refractivity contribution in [3.05, 3.63) is 81.9 Å². The van der Waals surface area contributed by atoms with Gasteiger partial charge in [0.25, 0.3) is 5.91 Å². The summed E-state index contributed by atoms with van der Waals surface area (Å²) >= 11 is 6.50. The Hall–Kier alpha value is -2.91. The summed E-state index contributed by atoms with van der Waals surface area (Å²) in [6, 6.07) is 17.8. The monoisotopic (exact) mass is 372 g/mol. The highest BCUT2D eigenvalue weighted by molar-refractivity contribution is 6.40. The number of carbonyl (C=O) groups is 1. The summed E-state index contributed by atoms with van der Waals surface area (Å²) in [5.74, 6) is -0.00986. The number of pyridine rings is 1. The predicted octanol–water partition coefficient (Wildman–Crippen LogP) is 5.82. The van der Waals surface area contributed by atoms with Crippen LogP contribution in [0.1, 0.15) is 27.0 Å². The highest BCUT2D eigenvalue weighted by atomic mass is 35.5. The number of hydrogen-bond donors (Lipinski definition) is 0. The molecule has 0 aliphatic carbocycles. The first-order valence-corrected chi connectivity index (χ1v) is 9.32. The molecule has 27 heavy (non-hydrogen) atoms. The Balaban J connectivity index is 1.85. The van der Waals surface area contributed by atoms with E-state index in [4.69, 9.17) is 16.6 Å². The number of hydrogen-bond acceptors (Lipinski definition) is 2. The Kier molecular flexibility index (Phi) is 3.49. The minimum Gasteiger partial charge on any atom is -0.303 e. The number of aromatic nitrogens is 1. The maximum Gasteiger partial charge on any atom is 0.260 e. The molecule has 0 saturated heterocycles. The van der Waals surface area contributed by atoms with E-state index in [1.165, 1.54) is 0 Å². The summed E-state index contributed by atoms with van der Waals surface area (Å²) in [6.45, 7) is 4.65. The zero-order valence-corrected chi connectivity index (χ0v) is 15.8. The fourth-order valence-electron chi connectivity index (χ4n) is 3.96. The summed E-state index contributed by atoms with van der Waals surface area (Å²) in [4.78, 5) is 20.2. The third-order valence-corrected chi connectivity index (χ3v) is 5.77. The van der Waals surface area contributed by atoms with E-state index >= 15 is 0 Å². The van der Waals surface area contributed by atoms with Crippen molar-refractivity contribution in [2.24, 2.45) is 0 Å². The van der Waals surface area contributed by atoms with Crippen LogP contribution in [0.2, 0.25) is 5.02 Å². The summed E-state index contributed by atoms with van der Waals surface area (Å²) in [5.41, 5.74) is 6.57. The van der Waals surface area contributed by atoms with E-state index in [2.05, 4.69) is 19.9 Å². The van der Waals surface area contributed by atoms with Gasteiger partial charge in [-0.05, 0) is 48.7 Å². The molecule has 5 rings (SSSR count). The Labute approximate surface area is 162 Å². The van der Waals surface area contributed by atoms with Crippen molar-refractivity contribution < 1.29 is 4.79 Å². The van der Waals surface area contributed by atoms with E-state index < -0.39 is 0 Å². The fraction of sp³-hybridized carbons (Fsp3) is 0.130. The standard InChI is InChI=1S/C23H17ClN2O/c1-13-11-18-20-21(23(27)26(18)12-15-7-4-3-5-8-15)19-16(24)9-6-10-17(19)25-22(20)14(13)2/h3-11H,12H2,1-2H3. The van der Waals surface area contributed by atoms with Gasteiger partial charge in [-0.15, -0.1) is 0 Å². The van der Waals surface area contributed by atoms with E-state index in [-0.39, 0.29) is 5.91 Å². The third-order valence-electron chi connectivity index (χ3n) is 5.45. The quantitative estimate of drug-likeness (QED) is 0.415. The molecule has 0 radical (unpaired) electrons. The van der Waals surface area contributed by atoms with Crippen LogP contribution in [-0.2, 0) is 6.54 Å². The van der Waals surface area contributed by atoms with Crippen LogP contribution in [0.4, 0.5) is 5.69 Å². The van der Waals surface area contributed by atoms with Crippen LogP contribution in [0.25, 0.3) is 21.8 Å². The largest absolute Gasteiger partial charge is 0.303 e. The third kappa shape index (κ3) is 2.28. The average molecular weight is 373 g/mol. The summed E-state index contributed by atoms with van der Waals surface area (Å²) in [7, 11) is 0. The molecule has 0 unspecified atom stereocenters. The zero-order valence-electron chi connectivity index (χ0n) is 15.1. The first kappa shape index (κ1) is 16.3. The topological polar surface area (TPSA) is 33.2 Å². The molecular formula is C23H17ClN2O. The lowest BCUT2D eigenvalue weighted by molar-refractivity contribution is 0.0993. The minimum atomic E-state index is -0.00986. The maximum absolute atomic E-state index is 13.5. The lowest BCUT2D eigenvalue weighted by atomic mass is 9.99. The number of amides is 1. The normalized spacial score (nSPS) is 13.1. The van der Waals surface area contributed by atoms with Crippen LogP contribution in [0.15, 0.2) is 54.6 Å². The molecule has 1 aliphatic heterocycles. The number of nitrogens with zero attached hydrogens (tertiary/aromatic N) is 2. The molecule has 0 saturated carbocycles. The molecule has 1 aliphatic rings. The second-order valence-corrected chi connectivity index (χ2v) is 7.47. The molecule has 2 heterocycles. The Morgan fingerprint density at radius 2 is 1.78 bits per heavy atom.